The van der Waals surface area contributed by atoms with Gasteiger partial charge >= 0.3 is 0 Å². The van der Waals surface area contributed by atoms with Gasteiger partial charge in [0.2, 0.25) is 0 Å². The predicted molar refractivity (Wildman–Crippen MR) is 46.7 cm³/mol. The first-order valence-corrected chi connectivity index (χ1v) is 3.84. The molecule has 0 radical (unpaired) electrons. The maximum absolute atomic E-state index is 9.33. The Morgan fingerprint density at radius 1 is 1.50 bits per heavy atom. The van der Waals surface area contributed by atoms with Crippen LogP contribution in [0.1, 0.15) is 11.1 Å². The molecule has 0 aromatic heterocycles. The summed E-state index contributed by atoms with van der Waals surface area (Å²) in [5, 5.41) is 9.33. The summed E-state index contributed by atoms with van der Waals surface area (Å²) in [6.07, 6.45) is 0.727. The Balaban J connectivity index is 2.69. The first-order valence-electron chi connectivity index (χ1n) is 3.84. The van der Waals surface area contributed by atoms with Crippen molar-refractivity contribution >= 4 is 0 Å². The lowest BCUT2D eigenvalue weighted by atomic mass is 10.1. The molecule has 0 atom stereocenters. The van der Waals surface area contributed by atoms with Crippen molar-refractivity contribution in [1.29, 1.82) is 0 Å². The summed E-state index contributed by atoms with van der Waals surface area (Å²) in [6.45, 7) is 2.33. The van der Waals surface area contributed by atoms with Crippen LogP contribution in [-0.4, -0.2) is 11.7 Å². The quantitative estimate of drug-likeness (QED) is 0.663. The number of hydrogen-bond acceptors (Lipinski definition) is 3. The molecule has 0 heterocycles. The number of aromatic hydroxyl groups is 1. The number of hydrogen-bond donors (Lipinski definition) is 2. The number of nitrogens with two attached hydrogens (primary N) is 1. The second kappa shape index (κ2) is 4.09. The Kier molecular flexibility index (Phi) is 3.08. The molecule has 66 valence electrons. The van der Waals surface area contributed by atoms with E-state index in [0.29, 0.717) is 12.4 Å². The van der Waals surface area contributed by atoms with E-state index in [9.17, 15) is 5.11 Å². The fraction of sp³-hybridized carbons (Fsp3) is 0.333. The number of phenols is 1. The van der Waals surface area contributed by atoms with Gasteiger partial charge in [0.25, 0.3) is 0 Å². The largest absolute Gasteiger partial charge is 0.508 e. The van der Waals surface area contributed by atoms with Gasteiger partial charge in [-0.1, -0.05) is 12.1 Å². The fourth-order valence-corrected chi connectivity index (χ4v) is 0.987. The minimum absolute atomic E-state index is 0.324. The third-order valence-corrected chi connectivity index (χ3v) is 1.78. The van der Waals surface area contributed by atoms with E-state index in [0.717, 1.165) is 17.5 Å². The van der Waals surface area contributed by atoms with Gasteiger partial charge in [-0.25, -0.2) is 5.90 Å². The number of phenolic OH excluding ortho intramolecular Hbond substituents is 1. The third-order valence-electron chi connectivity index (χ3n) is 1.78. The van der Waals surface area contributed by atoms with Gasteiger partial charge in [-0.2, -0.15) is 0 Å². The van der Waals surface area contributed by atoms with Gasteiger partial charge in [0.15, 0.2) is 0 Å². The van der Waals surface area contributed by atoms with Crippen molar-refractivity contribution in [2.75, 3.05) is 6.61 Å². The summed E-state index contributed by atoms with van der Waals surface area (Å²) in [6, 6.07) is 5.56. The Labute approximate surface area is 71.7 Å². The molecule has 0 aliphatic rings. The van der Waals surface area contributed by atoms with E-state index in [1.165, 1.54) is 0 Å². The molecule has 0 fully saturated rings. The first kappa shape index (κ1) is 9.03. The highest BCUT2D eigenvalue weighted by atomic mass is 16.6. The van der Waals surface area contributed by atoms with Crippen LogP contribution < -0.4 is 5.90 Å². The summed E-state index contributed by atoms with van der Waals surface area (Å²) < 4.78 is 0. The number of benzene rings is 1. The molecule has 0 saturated heterocycles. The highest BCUT2D eigenvalue weighted by molar-refractivity contribution is 5.35. The van der Waals surface area contributed by atoms with Gasteiger partial charge in [-0.3, -0.25) is 0 Å². The molecule has 0 saturated carbocycles. The van der Waals surface area contributed by atoms with Crippen LogP contribution in [-0.2, 0) is 11.3 Å². The maximum atomic E-state index is 9.33. The minimum Gasteiger partial charge on any atom is -0.508 e. The van der Waals surface area contributed by atoms with E-state index < -0.39 is 0 Å². The minimum atomic E-state index is 0.324. The van der Waals surface area contributed by atoms with Crippen molar-refractivity contribution in [2.45, 2.75) is 13.3 Å². The monoisotopic (exact) mass is 167 g/mol. The normalized spacial score (nSPS) is 10.2. The van der Waals surface area contributed by atoms with Crippen LogP contribution in [0.2, 0.25) is 0 Å². The van der Waals surface area contributed by atoms with Crippen molar-refractivity contribution < 1.29 is 9.94 Å². The Hall–Kier alpha value is -1.06. The van der Waals surface area contributed by atoms with Gasteiger partial charge in [0.05, 0.1) is 6.61 Å². The summed E-state index contributed by atoms with van der Waals surface area (Å²) in [5.74, 6) is 5.21. The average Bonchev–Trinajstić information content (AvgIpc) is 2.07. The summed E-state index contributed by atoms with van der Waals surface area (Å²) in [5.41, 5.74) is 1.91. The average molecular weight is 167 g/mol. The van der Waals surface area contributed by atoms with E-state index in [1.54, 1.807) is 6.07 Å². The van der Waals surface area contributed by atoms with Gasteiger partial charge in [0.1, 0.15) is 5.75 Å². The highest BCUT2D eigenvalue weighted by Crippen LogP contribution is 2.17. The molecule has 0 unspecified atom stereocenters. The molecule has 3 nitrogen and oxygen atoms in total. The molecule has 1 aromatic carbocycles. The van der Waals surface area contributed by atoms with E-state index >= 15 is 0 Å². The molecule has 0 amide bonds. The predicted octanol–water partition coefficient (Wildman–Crippen LogP) is 1.13. The van der Waals surface area contributed by atoms with Crippen LogP contribution in [0.3, 0.4) is 0 Å². The van der Waals surface area contributed by atoms with Crippen LogP contribution in [0.5, 0.6) is 5.75 Å². The van der Waals surface area contributed by atoms with Crippen molar-refractivity contribution in [3.8, 4) is 5.75 Å². The topological polar surface area (TPSA) is 55.5 Å². The maximum Gasteiger partial charge on any atom is 0.118 e. The molecule has 12 heavy (non-hydrogen) atoms. The standard InChI is InChI=1S/C9H13NO2/c1-7-2-3-8(4-5-12-10)6-9(7)11/h2-3,6,11H,4-5,10H2,1H3. The van der Waals surface area contributed by atoms with Gasteiger partial charge < -0.3 is 9.94 Å². The van der Waals surface area contributed by atoms with Gasteiger partial charge in [0, 0.05) is 0 Å². The zero-order valence-electron chi connectivity index (χ0n) is 7.08. The first-order chi connectivity index (χ1) is 5.74. The van der Waals surface area contributed by atoms with Crippen molar-refractivity contribution in [2.24, 2.45) is 5.90 Å². The molecule has 0 bridgehead atoms. The fourth-order valence-electron chi connectivity index (χ4n) is 0.987. The van der Waals surface area contributed by atoms with Crippen LogP contribution in [0, 0.1) is 6.92 Å². The number of aryl methyl sites for hydroxylation is 1. The highest BCUT2D eigenvalue weighted by Gasteiger charge is 1.97. The van der Waals surface area contributed by atoms with Crippen LogP contribution in [0.25, 0.3) is 0 Å². The molecule has 0 aliphatic heterocycles. The van der Waals surface area contributed by atoms with Crippen LogP contribution in [0.4, 0.5) is 0 Å². The van der Waals surface area contributed by atoms with Crippen LogP contribution >= 0.6 is 0 Å². The molecule has 0 aliphatic carbocycles. The molecule has 3 heteroatoms. The molecule has 1 rings (SSSR count). The lowest BCUT2D eigenvalue weighted by Gasteiger charge is -2.02. The SMILES string of the molecule is Cc1ccc(CCON)cc1O. The molecule has 3 N–H and O–H groups in total. The smallest absolute Gasteiger partial charge is 0.118 e. The summed E-state index contributed by atoms with van der Waals surface area (Å²) >= 11 is 0. The van der Waals surface area contributed by atoms with E-state index in [1.807, 2.05) is 19.1 Å². The van der Waals surface area contributed by atoms with E-state index in [2.05, 4.69) is 4.84 Å². The second-order valence-electron chi connectivity index (χ2n) is 2.74. The van der Waals surface area contributed by atoms with Gasteiger partial charge in [-0.05, 0) is 30.5 Å². The van der Waals surface area contributed by atoms with Crippen molar-refractivity contribution in [1.82, 2.24) is 0 Å². The molecule has 0 spiro atoms. The van der Waals surface area contributed by atoms with Crippen molar-refractivity contribution in [3.05, 3.63) is 29.3 Å². The Morgan fingerprint density at radius 3 is 2.83 bits per heavy atom. The molecular weight excluding hydrogens is 154 g/mol. The lowest BCUT2D eigenvalue weighted by molar-refractivity contribution is 0.141. The molecule has 1 aromatic rings. The lowest BCUT2D eigenvalue weighted by Crippen LogP contribution is -2.03. The zero-order valence-corrected chi connectivity index (χ0v) is 7.08. The Bertz CT molecular complexity index is 261. The van der Waals surface area contributed by atoms with Gasteiger partial charge in [-0.15, -0.1) is 0 Å². The van der Waals surface area contributed by atoms with Crippen molar-refractivity contribution in [3.63, 3.8) is 0 Å². The third kappa shape index (κ3) is 2.22. The van der Waals surface area contributed by atoms with E-state index in [-0.39, 0.29) is 0 Å². The van der Waals surface area contributed by atoms with Crippen LogP contribution in [0.15, 0.2) is 18.2 Å². The number of rotatable bonds is 3. The van der Waals surface area contributed by atoms with E-state index in [4.69, 9.17) is 5.90 Å². The zero-order chi connectivity index (χ0) is 8.97. The Morgan fingerprint density at radius 2 is 2.25 bits per heavy atom. The summed E-state index contributed by atoms with van der Waals surface area (Å²) in [4.78, 5) is 4.43. The molecular formula is C9H13NO2. The second-order valence-corrected chi connectivity index (χ2v) is 2.74. The summed E-state index contributed by atoms with van der Waals surface area (Å²) in [7, 11) is 0.